The maximum Gasteiger partial charge on any atom is 0.270 e. The lowest BCUT2D eigenvalue weighted by atomic mass is 10.0. The molecule has 2 N–H and O–H groups in total. The number of likely N-dealkylation sites (tertiary alicyclic amines) is 1. The van der Waals surface area contributed by atoms with Gasteiger partial charge in [-0.1, -0.05) is 0 Å². The van der Waals surface area contributed by atoms with Gasteiger partial charge in [-0.05, 0) is 37.1 Å². The monoisotopic (exact) mass is 314 g/mol. The molecule has 0 atom stereocenters. The highest BCUT2D eigenvalue weighted by atomic mass is 16.5. The molecule has 2 aromatic rings. The number of nitrogens with zero attached hydrogens (tertiary/aromatic N) is 1. The number of phenols is 1. The molecule has 6 heteroatoms. The van der Waals surface area contributed by atoms with Crippen molar-refractivity contribution in [2.24, 2.45) is 0 Å². The molecule has 0 aliphatic carbocycles. The smallest absolute Gasteiger partial charge is 0.270 e. The van der Waals surface area contributed by atoms with Crippen molar-refractivity contribution in [2.75, 3.05) is 20.2 Å². The number of ketones is 1. The van der Waals surface area contributed by atoms with E-state index in [1.54, 1.807) is 11.0 Å². The quantitative estimate of drug-likeness (QED) is 0.848. The predicted molar refractivity (Wildman–Crippen MR) is 84.0 cm³/mol. The van der Waals surface area contributed by atoms with E-state index < -0.39 is 0 Å². The highest BCUT2D eigenvalue weighted by Crippen LogP contribution is 2.26. The first-order valence-electron chi connectivity index (χ1n) is 7.49. The minimum absolute atomic E-state index is 0.101. The number of aromatic hydroxyl groups is 1. The second kappa shape index (κ2) is 6.16. The van der Waals surface area contributed by atoms with Crippen molar-refractivity contribution in [1.29, 1.82) is 0 Å². The molecule has 2 heterocycles. The Kier molecular flexibility index (Phi) is 4.06. The van der Waals surface area contributed by atoms with Crippen LogP contribution in [0.2, 0.25) is 0 Å². The number of carbonyl (C=O) groups excluding carboxylic acids is 2. The molecule has 6 nitrogen and oxygen atoms in total. The van der Waals surface area contributed by atoms with Crippen LogP contribution in [0.25, 0.3) is 0 Å². The summed E-state index contributed by atoms with van der Waals surface area (Å²) in [6, 6.07) is 6.00. The summed E-state index contributed by atoms with van der Waals surface area (Å²) in [4.78, 5) is 29.5. The Hall–Kier alpha value is -2.76. The van der Waals surface area contributed by atoms with Crippen LogP contribution in [0.1, 0.15) is 39.3 Å². The summed E-state index contributed by atoms with van der Waals surface area (Å²) in [7, 11) is 1.49. The second-order valence-corrected chi connectivity index (χ2v) is 5.51. The molecular formula is C17H18N2O4. The van der Waals surface area contributed by atoms with Crippen LogP contribution in [0.15, 0.2) is 30.5 Å². The number of hydrogen-bond donors (Lipinski definition) is 2. The zero-order valence-corrected chi connectivity index (χ0v) is 12.8. The fourth-order valence-electron chi connectivity index (χ4n) is 2.72. The van der Waals surface area contributed by atoms with Crippen LogP contribution in [-0.4, -0.2) is 46.9 Å². The van der Waals surface area contributed by atoms with Gasteiger partial charge in [-0.2, -0.15) is 0 Å². The molecule has 1 aromatic heterocycles. The first kappa shape index (κ1) is 15.1. The highest BCUT2D eigenvalue weighted by molar-refractivity contribution is 6.11. The molecule has 0 radical (unpaired) electrons. The zero-order chi connectivity index (χ0) is 16.4. The third kappa shape index (κ3) is 2.92. The lowest BCUT2D eigenvalue weighted by molar-refractivity contribution is 0.0787. The lowest BCUT2D eigenvalue weighted by Gasteiger charge is -2.13. The minimum atomic E-state index is -0.363. The van der Waals surface area contributed by atoms with Gasteiger partial charge in [0.05, 0.1) is 12.7 Å². The molecule has 1 saturated heterocycles. The molecule has 0 bridgehead atoms. The van der Waals surface area contributed by atoms with Gasteiger partial charge in [-0.15, -0.1) is 0 Å². The van der Waals surface area contributed by atoms with Crippen LogP contribution >= 0.6 is 0 Å². The van der Waals surface area contributed by atoms with Gasteiger partial charge < -0.3 is 19.7 Å². The Bertz CT molecular complexity index is 745. The largest absolute Gasteiger partial charge is 0.507 e. The van der Waals surface area contributed by atoms with E-state index in [-0.39, 0.29) is 23.0 Å². The van der Waals surface area contributed by atoms with Gasteiger partial charge >= 0.3 is 0 Å². The number of nitrogens with one attached hydrogen (secondary N) is 1. The number of carbonyl (C=O) groups is 2. The third-order valence-corrected chi connectivity index (χ3v) is 4.02. The van der Waals surface area contributed by atoms with Gasteiger partial charge in [-0.25, -0.2) is 0 Å². The van der Waals surface area contributed by atoms with Gasteiger partial charge in [0.1, 0.15) is 17.2 Å². The Balaban J connectivity index is 1.85. The second-order valence-electron chi connectivity index (χ2n) is 5.51. The maximum atomic E-state index is 12.5. The van der Waals surface area contributed by atoms with Crippen LogP contribution in [0, 0.1) is 0 Å². The lowest BCUT2D eigenvalue weighted by Crippen LogP contribution is -2.27. The summed E-state index contributed by atoms with van der Waals surface area (Å²) in [6.45, 7) is 1.50. The zero-order valence-electron chi connectivity index (χ0n) is 12.8. The van der Waals surface area contributed by atoms with Gasteiger partial charge in [0, 0.05) is 24.8 Å². The molecular weight excluding hydrogens is 296 g/mol. The standard InChI is InChI=1S/C17H18N2O4/c1-23-12-4-5-15(20)13(9-12)16(21)11-8-14(18-10-11)17(22)19-6-2-3-7-19/h4-5,8-10,18,20H,2-3,6-7H2,1H3. The summed E-state index contributed by atoms with van der Waals surface area (Å²) in [5.74, 6) is -0.103. The molecule has 1 aliphatic heterocycles. The summed E-state index contributed by atoms with van der Waals surface area (Å²) in [5, 5.41) is 9.89. The molecule has 120 valence electrons. The van der Waals surface area contributed by atoms with Crippen molar-refractivity contribution in [2.45, 2.75) is 12.8 Å². The SMILES string of the molecule is COc1ccc(O)c(C(=O)c2c[nH]c(C(=O)N3CCCC3)c2)c1. The van der Waals surface area contributed by atoms with Crippen LogP contribution in [0.3, 0.4) is 0 Å². The molecule has 0 spiro atoms. The van der Waals surface area contributed by atoms with Crippen molar-refractivity contribution in [3.8, 4) is 11.5 Å². The van der Waals surface area contributed by atoms with Crippen molar-refractivity contribution >= 4 is 11.7 Å². The average Bonchev–Trinajstić information content (AvgIpc) is 3.25. The number of phenolic OH excluding ortho intramolecular Hbond substituents is 1. The number of rotatable bonds is 4. The Morgan fingerprint density at radius 2 is 1.96 bits per heavy atom. The normalized spacial score (nSPS) is 14.0. The van der Waals surface area contributed by atoms with E-state index in [4.69, 9.17) is 4.74 Å². The van der Waals surface area contributed by atoms with Crippen molar-refractivity contribution in [1.82, 2.24) is 9.88 Å². The van der Waals surface area contributed by atoms with Crippen LogP contribution in [0.5, 0.6) is 11.5 Å². The molecule has 1 aromatic carbocycles. The molecule has 1 fully saturated rings. The molecule has 1 aliphatic rings. The van der Waals surface area contributed by atoms with E-state index in [9.17, 15) is 14.7 Å². The number of H-pyrrole nitrogens is 1. The number of aromatic nitrogens is 1. The van der Waals surface area contributed by atoms with E-state index in [2.05, 4.69) is 4.98 Å². The Morgan fingerprint density at radius 1 is 1.22 bits per heavy atom. The Morgan fingerprint density at radius 3 is 2.65 bits per heavy atom. The van der Waals surface area contributed by atoms with Crippen molar-refractivity contribution in [3.05, 3.63) is 47.3 Å². The van der Waals surface area contributed by atoms with E-state index >= 15 is 0 Å². The molecule has 23 heavy (non-hydrogen) atoms. The fraction of sp³-hybridized carbons (Fsp3) is 0.294. The van der Waals surface area contributed by atoms with E-state index in [0.717, 1.165) is 25.9 Å². The topological polar surface area (TPSA) is 82.6 Å². The Labute approximate surface area is 133 Å². The molecule has 1 amide bonds. The van der Waals surface area contributed by atoms with Crippen molar-refractivity contribution < 1.29 is 19.4 Å². The predicted octanol–water partition coefficient (Wildman–Crippen LogP) is 2.20. The molecule has 3 rings (SSSR count). The average molecular weight is 314 g/mol. The number of ether oxygens (including phenoxy) is 1. The van der Waals surface area contributed by atoms with Crippen LogP contribution in [0.4, 0.5) is 0 Å². The first-order valence-corrected chi connectivity index (χ1v) is 7.49. The highest BCUT2D eigenvalue weighted by Gasteiger charge is 2.23. The number of amides is 1. The van der Waals surface area contributed by atoms with E-state index in [1.165, 1.54) is 31.5 Å². The van der Waals surface area contributed by atoms with Crippen LogP contribution < -0.4 is 4.74 Å². The van der Waals surface area contributed by atoms with Crippen molar-refractivity contribution in [3.63, 3.8) is 0 Å². The minimum Gasteiger partial charge on any atom is -0.507 e. The molecule has 0 saturated carbocycles. The van der Waals surface area contributed by atoms with E-state index in [0.29, 0.717) is 17.0 Å². The van der Waals surface area contributed by atoms with Gasteiger partial charge in [-0.3, -0.25) is 9.59 Å². The van der Waals surface area contributed by atoms with Crippen LogP contribution in [-0.2, 0) is 0 Å². The maximum absolute atomic E-state index is 12.5. The number of aromatic amines is 1. The van der Waals surface area contributed by atoms with Gasteiger partial charge in [0.25, 0.3) is 5.91 Å². The summed E-state index contributed by atoms with van der Waals surface area (Å²) in [5.41, 5.74) is 0.859. The first-order chi connectivity index (χ1) is 11.1. The fourth-order valence-corrected chi connectivity index (χ4v) is 2.72. The number of benzene rings is 1. The van der Waals surface area contributed by atoms with Gasteiger partial charge in [0.15, 0.2) is 5.78 Å². The molecule has 0 unspecified atom stereocenters. The number of hydrogen-bond acceptors (Lipinski definition) is 4. The third-order valence-electron chi connectivity index (χ3n) is 4.02. The summed E-state index contributed by atoms with van der Waals surface area (Å²) >= 11 is 0. The summed E-state index contributed by atoms with van der Waals surface area (Å²) in [6.07, 6.45) is 3.51. The van der Waals surface area contributed by atoms with Gasteiger partial charge in [0.2, 0.25) is 0 Å². The summed E-state index contributed by atoms with van der Waals surface area (Å²) < 4.78 is 5.07. The van der Waals surface area contributed by atoms with E-state index in [1.807, 2.05) is 0 Å². The number of methoxy groups -OCH3 is 1.